The number of para-hydroxylation sites is 1. The van der Waals surface area contributed by atoms with Gasteiger partial charge in [-0.1, -0.05) is 30.3 Å². The first-order chi connectivity index (χ1) is 21.3. The number of hydrogen-bond acceptors (Lipinski definition) is 8. The van der Waals surface area contributed by atoms with Crippen molar-refractivity contribution in [1.29, 1.82) is 0 Å². The molecular formula is C31H31N5O6S2. The van der Waals surface area contributed by atoms with Crippen molar-refractivity contribution in [3.8, 4) is 5.75 Å². The zero-order chi connectivity index (χ0) is 31.2. The number of anilines is 1. The molecule has 6 rings (SSSR count). The van der Waals surface area contributed by atoms with E-state index < -0.39 is 23.3 Å². The van der Waals surface area contributed by atoms with Crippen molar-refractivity contribution in [3.05, 3.63) is 102 Å². The van der Waals surface area contributed by atoms with Gasteiger partial charge in [-0.2, -0.15) is 12.6 Å². The number of carbonyl (C=O) groups excluding carboxylic acids is 3. The molecule has 4 heterocycles. The van der Waals surface area contributed by atoms with Gasteiger partial charge < -0.3 is 19.7 Å². The van der Waals surface area contributed by atoms with Gasteiger partial charge >= 0.3 is 5.97 Å². The van der Waals surface area contributed by atoms with Crippen molar-refractivity contribution in [2.75, 3.05) is 30.1 Å². The van der Waals surface area contributed by atoms with Gasteiger partial charge in [-0.3, -0.25) is 24.2 Å². The number of β-lactam (4-membered cyclic amide) rings is 1. The van der Waals surface area contributed by atoms with Crippen LogP contribution >= 0.6 is 24.4 Å². The molecule has 0 bridgehead atoms. The van der Waals surface area contributed by atoms with Crippen LogP contribution in [0.25, 0.3) is 0 Å². The van der Waals surface area contributed by atoms with Gasteiger partial charge in [0.2, 0.25) is 11.8 Å². The fourth-order valence-electron chi connectivity index (χ4n) is 5.29. The maximum absolute atomic E-state index is 13.4. The minimum absolute atomic E-state index is 0.0931. The van der Waals surface area contributed by atoms with E-state index >= 15 is 0 Å². The van der Waals surface area contributed by atoms with Gasteiger partial charge in [-0.25, -0.2) is 9.78 Å². The number of carbonyl (C=O) groups is 4. The molecule has 2 aromatic carbocycles. The lowest BCUT2D eigenvalue weighted by Crippen LogP contribution is -2.71. The number of imidazole rings is 1. The summed E-state index contributed by atoms with van der Waals surface area (Å²) in [6.07, 6.45) is 7.19. The number of thioether (sulfide) groups is 1. The molecule has 1 aromatic heterocycles. The topological polar surface area (TPSA) is 136 Å². The van der Waals surface area contributed by atoms with E-state index in [1.807, 2.05) is 30.3 Å². The second-order valence-corrected chi connectivity index (χ2v) is 11.5. The molecule has 228 valence electrons. The number of fused-ring (bicyclic) bond motifs is 1. The number of aromatic nitrogens is 2. The maximum Gasteiger partial charge on any atom is 0.352 e. The third kappa shape index (κ3) is 6.38. The summed E-state index contributed by atoms with van der Waals surface area (Å²) in [6.45, 7) is 0.952. The van der Waals surface area contributed by atoms with Gasteiger partial charge in [0.15, 0.2) is 0 Å². The second-order valence-electron chi connectivity index (χ2n) is 10.0. The number of rotatable bonds is 8. The van der Waals surface area contributed by atoms with Crippen LogP contribution in [-0.2, 0) is 25.7 Å². The monoisotopic (exact) mass is 633 g/mol. The molecular weight excluding hydrogens is 603 g/mol. The van der Waals surface area contributed by atoms with E-state index in [1.165, 1.54) is 21.6 Å². The number of allylic oxidation sites excluding steroid dienone is 1. The molecule has 3 aliphatic rings. The molecule has 2 fully saturated rings. The van der Waals surface area contributed by atoms with Crippen LogP contribution in [0.3, 0.4) is 0 Å². The summed E-state index contributed by atoms with van der Waals surface area (Å²) in [5.74, 6) is -1.28. The highest BCUT2D eigenvalue weighted by Gasteiger charge is 2.57. The summed E-state index contributed by atoms with van der Waals surface area (Å²) < 4.78 is 5.18. The van der Waals surface area contributed by atoms with Crippen LogP contribution in [0.5, 0.6) is 5.75 Å². The van der Waals surface area contributed by atoms with Crippen LogP contribution in [0.4, 0.5) is 5.69 Å². The highest BCUT2D eigenvalue weighted by molar-refractivity contribution is 8.00. The molecule has 11 nitrogen and oxygen atoms in total. The third-order valence-electron chi connectivity index (χ3n) is 7.39. The summed E-state index contributed by atoms with van der Waals surface area (Å²) in [4.78, 5) is 62.5. The minimum Gasteiger partial charge on any atom is -0.497 e. The van der Waals surface area contributed by atoms with Crippen molar-refractivity contribution < 1.29 is 29.0 Å². The first-order valence-corrected chi connectivity index (χ1v) is 15.5. The number of carboxylic acid groups (broad SMARTS) is 1. The zero-order valence-electron chi connectivity index (χ0n) is 23.8. The normalized spacial score (nSPS) is 20.1. The van der Waals surface area contributed by atoms with E-state index in [1.54, 1.807) is 61.1 Å². The fraction of sp³-hybridized carbons (Fsp3) is 0.258. The van der Waals surface area contributed by atoms with Crippen molar-refractivity contribution in [2.45, 2.75) is 24.4 Å². The first kappa shape index (κ1) is 31.0. The summed E-state index contributed by atoms with van der Waals surface area (Å²) in [5, 5.41) is 9.53. The van der Waals surface area contributed by atoms with E-state index in [2.05, 4.69) is 22.6 Å². The smallest absolute Gasteiger partial charge is 0.352 e. The average molecular weight is 634 g/mol. The van der Waals surface area contributed by atoms with Crippen LogP contribution in [0.2, 0.25) is 0 Å². The van der Waals surface area contributed by atoms with E-state index in [0.717, 1.165) is 11.3 Å². The lowest BCUT2D eigenvalue weighted by molar-refractivity contribution is -0.148. The maximum atomic E-state index is 13.4. The van der Waals surface area contributed by atoms with Gasteiger partial charge in [0.25, 0.3) is 5.91 Å². The first-order valence-electron chi connectivity index (χ1n) is 13.8. The van der Waals surface area contributed by atoms with Crippen molar-refractivity contribution >= 4 is 53.8 Å². The third-order valence-corrected chi connectivity index (χ3v) is 8.95. The number of likely N-dealkylation sites (tertiary alicyclic amines) is 1. The Morgan fingerprint density at radius 3 is 2.52 bits per heavy atom. The number of aromatic amines is 1. The molecule has 2 N–H and O–H groups in total. The molecule has 3 aliphatic heterocycles. The molecule has 2 atom stereocenters. The van der Waals surface area contributed by atoms with Crippen LogP contribution < -0.4 is 9.64 Å². The van der Waals surface area contributed by atoms with Gasteiger partial charge in [-0.05, 0) is 47.9 Å². The van der Waals surface area contributed by atoms with Gasteiger partial charge in [0.1, 0.15) is 22.9 Å². The van der Waals surface area contributed by atoms with Crippen LogP contribution in [0.1, 0.15) is 12.0 Å². The number of ether oxygens (including phenoxy) is 1. The number of amides is 3. The lowest BCUT2D eigenvalue weighted by atomic mass is 9.99. The standard InChI is InChI=1S/C28H27N3O6S2.C3H4N2/c1-37-21-9-7-17(8-10-21)14-29-12-11-18(25(29)33)13-19-16-39-27-24(26(34)31(27)23(19)28(35)36)30(22(32)15-38)20-5-3-2-4-6-20;1-2-5-3-4-1/h2-10,13,24,27,38H,11-12,14-16H2,1H3,(H,35,36);1-3H,(H,4,5)/b18-13+;/t24-,27-;/m1./s1. The van der Waals surface area contributed by atoms with Crippen molar-refractivity contribution in [3.63, 3.8) is 0 Å². The molecule has 2 saturated heterocycles. The predicted molar refractivity (Wildman–Crippen MR) is 169 cm³/mol. The van der Waals surface area contributed by atoms with Crippen molar-refractivity contribution in [1.82, 2.24) is 19.8 Å². The van der Waals surface area contributed by atoms with Crippen LogP contribution in [-0.4, -0.2) is 85.1 Å². The Labute approximate surface area is 264 Å². The quantitative estimate of drug-likeness (QED) is 0.195. The van der Waals surface area contributed by atoms with Gasteiger partial charge in [-0.15, -0.1) is 11.8 Å². The number of benzene rings is 2. The van der Waals surface area contributed by atoms with E-state index in [0.29, 0.717) is 42.1 Å². The molecule has 44 heavy (non-hydrogen) atoms. The number of H-pyrrole nitrogens is 1. The molecule has 0 radical (unpaired) electrons. The Morgan fingerprint density at radius 2 is 1.93 bits per heavy atom. The van der Waals surface area contributed by atoms with Gasteiger partial charge in [0.05, 0.1) is 19.2 Å². The summed E-state index contributed by atoms with van der Waals surface area (Å²) >= 11 is 5.50. The molecule has 3 aromatic rings. The Balaban J connectivity index is 0.000000698. The largest absolute Gasteiger partial charge is 0.497 e. The van der Waals surface area contributed by atoms with E-state index in [9.17, 15) is 24.3 Å². The number of nitrogens with zero attached hydrogens (tertiary/aromatic N) is 4. The molecule has 0 aliphatic carbocycles. The Hall–Kier alpha value is -4.49. The van der Waals surface area contributed by atoms with Crippen LogP contribution in [0.15, 0.2) is 96.2 Å². The number of nitrogens with one attached hydrogen (secondary N) is 1. The highest BCUT2D eigenvalue weighted by Crippen LogP contribution is 2.44. The minimum atomic E-state index is -1.24. The summed E-state index contributed by atoms with van der Waals surface area (Å²) in [5.41, 5.74) is 2.30. The Kier molecular flexibility index (Phi) is 9.75. The Morgan fingerprint density at radius 1 is 1.18 bits per heavy atom. The number of thiol groups is 1. The second kappa shape index (κ2) is 13.9. The number of carboxylic acids is 1. The zero-order valence-corrected chi connectivity index (χ0v) is 25.5. The molecule has 13 heteroatoms. The SMILES string of the molecule is COc1ccc(CN2CC/C(=C\C3=C(C(=O)O)N4C(=O)[C@@H](N(C(=O)CS)c5ccccc5)[C@H]4SC3)C2=O)cc1.c1c[nH]cn1. The number of aliphatic carboxylic acids is 1. The van der Waals surface area contributed by atoms with Crippen LogP contribution in [0, 0.1) is 0 Å². The predicted octanol–water partition coefficient (Wildman–Crippen LogP) is 3.35. The van der Waals surface area contributed by atoms with Gasteiger partial charge in [0, 0.05) is 42.5 Å². The van der Waals surface area contributed by atoms with E-state index in [-0.39, 0.29) is 23.3 Å². The molecule has 0 spiro atoms. The Bertz CT molecular complexity index is 1560. The molecule has 3 amide bonds. The average Bonchev–Trinajstić information content (AvgIpc) is 3.74. The highest BCUT2D eigenvalue weighted by atomic mass is 32.2. The summed E-state index contributed by atoms with van der Waals surface area (Å²) in [6, 6.07) is 15.5. The fourth-order valence-corrected chi connectivity index (χ4v) is 6.79. The molecule has 0 unspecified atom stereocenters. The van der Waals surface area contributed by atoms with Crippen molar-refractivity contribution in [2.24, 2.45) is 0 Å². The summed E-state index contributed by atoms with van der Waals surface area (Å²) in [7, 11) is 1.59. The van der Waals surface area contributed by atoms with E-state index in [4.69, 9.17) is 4.74 Å². The lowest BCUT2D eigenvalue weighted by Gasteiger charge is -2.52. The number of methoxy groups -OCH3 is 1. The molecule has 0 saturated carbocycles. The number of hydrogen-bond donors (Lipinski definition) is 3.